The van der Waals surface area contributed by atoms with Crippen LogP contribution in [0.2, 0.25) is 0 Å². The molecule has 0 fully saturated rings. The van der Waals surface area contributed by atoms with Crippen molar-refractivity contribution in [1.82, 2.24) is 19.7 Å². The topological polar surface area (TPSA) is 102 Å². The minimum absolute atomic E-state index is 0.307. The lowest BCUT2D eigenvalue weighted by Crippen LogP contribution is -2.00. The van der Waals surface area contributed by atoms with Gasteiger partial charge in [-0.3, -0.25) is 0 Å². The van der Waals surface area contributed by atoms with Crippen LogP contribution in [-0.2, 0) is 0 Å². The summed E-state index contributed by atoms with van der Waals surface area (Å²) >= 11 is 0. The van der Waals surface area contributed by atoms with Crippen molar-refractivity contribution in [1.29, 1.82) is 0 Å². The van der Waals surface area contributed by atoms with Gasteiger partial charge in [-0.2, -0.15) is 0 Å². The molecule has 3 aromatic rings. The zero-order valence-corrected chi connectivity index (χ0v) is 10.2. The summed E-state index contributed by atoms with van der Waals surface area (Å²) in [5.41, 5.74) is 7.30. The first-order valence-electron chi connectivity index (χ1n) is 5.68. The predicted molar refractivity (Wildman–Crippen MR) is 71.9 cm³/mol. The van der Waals surface area contributed by atoms with Gasteiger partial charge in [-0.15, -0.1) is 4.73 Å². The molecule has 0 aliphatic heterocycles. The number of aromatic nitrogens is 4. The second-order valence-electron chi connectivity index (χ2n) is 3.97. The van der Waals surface area contributed by atoms with Gasteiger partial charge in [0, 0.05) is 13.2 Å². The molecule has 19 heavy (non-hydrogen) atoms. The number of nitrogens with zero attached hydrogens (tertiary/aromatic N) is 4. The molecule has 0 aromatic carbocycles. The molecular weight excluding hydrogens is 244 g/mol. The van der Waals surface area contributed by atoms with E-state index >= 15 is 0 Å². The molecule has 3 rings (SSSR count). The molecule has 0 aliphatic carbocycles. The standard InChI is InChI=1S/C12H12N6O/c1-14-9-5-4-8-12(17-9)18(19)11(16-8)7-3-2-6-15-10(7)13/h2-6,19H,1H3,(H2,13,15)(H,14,17). The van der Waals surface area contributed by atoms with E-state index in [0.717, 1.165) is 4.73 Å². The van der Waals surface area contributed by atoms with Gasteiger partial charge in [-0.05, 0) is 24.3 Å². The fourth-order valence-electron chi connectivity index (χ4n) is 1.87. The van der Waals surface area contributed by atoms with E-state index in [4.69, 9.17) is 5.73 Å². The van der Waals surface area contributed by atoms with Gasteiger partial charge in [0.15, 0.2) is 11.5 Å². The molecule has 4 N–H and O–H groups in total. The Morgan fingerprint density at radius 2 is 2.11 bits per heavy atom. The highest BCUT2D eigenvalue weighted by Crippen LogP contribution is 2.26. The molecule has 7 nitrogen and oxygen atoms in total. The fraction of sp³-hybridized carbons (Fsp3) is 0.0833. The summed E-state index contributed by atoms with van der Waals surface area (Å²) in [6, 6.07) is 7.04. The lowest BCUT2D eigenvalue weighted by molar-refractivity contribution is 0.201. The third-order valence-electron chi connectivity index (χ3n) is 2.82. The number of rotatable bonds is 2. The van der Waals surface area contributed by atoms with Crippen molar-refractivity contribution in [3.63, 3.8) is 0 Å². The monoisotopic (exact) mass is 256 g/mol. The second-order valence-corrected chi connectivity index (χ2v) is 3.97. The van der Waals surface area contributed by atoms with Crippen LogP contribution in [0, 0.1) is 0 Å². The van der Waals surface area contributed by atoms with Crippen LogP contribution in [0.4, 0.5) is 11.6 Å². The van der Waals surface area contributed by atoms with Gasteiger partial charge in [-0.1, -0.05) is 0 Å². The lowest BCUT2D eigenvalue weighted by atomic mass is 10.2. The lowest BCUT2D eigenvalue weighted by Gasteiger charge is -2.03. The zero-order valence-electron chi connectivity index (χ0n) is 10.2. The van der Waals surface area contributed by atoms with E-state index in [9.17, 15) is 5.21 Å². The minimum atomic E-state index is 0.307. The molecule has 0 unspecified atom stereocenters. The molecule has 96 valence electrons. The zero-order chi connectivity index (χ0) is 13.4. The Labute approximate surface area is 108 Å². The Morgan fingerprint density at radius 1 is 1.26 bits per heavy atom. The second kappa shape index (κ2) is 4.13. The van der Waals surface area contributed by atoms with Crippen molar-refractivity contribution in [3.8, 4) is 11.4 Å². The molecule has 0 saturated carbocycles. The number of hydrogen-bond acceptors (Lipinski definition) is 6. The van der Waals surface area contributed by atoms with E-state index in [2.05, 4.69) is 20.3 Å². The summed E-state index contributed by atoms with van der Waals surface area (Å²) in [6.45, 7) is 0. The smallest absolute Gasteiger partial charge is 0.198 e. The Morgan fingerprint density at radius 3 is 2.84 bits per heavy atom. The Hall–Kier alpha value is -2.83. The van der Waals surface area contributed by atoms with Gasteiger partial charge < -0.3 is 16.3 Å². The van der Waals surface area contributed by atoms with Crippen molar-refractivity contribution >= 4 is 22.8 Å². The van der Waals surface area contributed by atoms with Crippen LogP contribution in [0.1, 0.15) is 0 Å². The van der Waals surface area contributed by atoms with Crippen molar-refractivity contribution in [2.75, 3.05) is 18.1 Å². The Bertz CT molecular complexity index is 751. The van der Waals surface area contributed by atoms with E-state index in [0.29, 0.717) is 34.2 Å². The number of anilines is 2. The minimum Gasteiger partial charge on any atom is -0.425 e. The van der Waals surface area contributed by atoms with Gasteiger partial charge in [-0.25, -0.2) is 15.0 Å². The number of hydrogen-bond donors (Lipinski definition) is 3. The molecule has 0 bridgehead atoms. The van der Waals surface area contributed by atoms with Crippen LogP contribution in [0.15, 0.2) is 30.5 Å². The first-order chi connectivity index (χ1) is 9.20. The number of pyridine rings is 2. The van der Waals surface area contributed by atoms with E-state index in [-0.39, 0.29) is 0 Å². The van der Waals surface area contributed by atoms with E-state index in [1.54, 1.807) is 37.5 Å². The van der Waals surface area contributed by atoms with E-state index in [1.165, 1.54) is 0 Å². The summed E-state index contributed by atoms with van der Waals surface area (Å²) in [4.78, 5) is 12.5. The largest absolute Gasteiger partial charge is 0.425 e. The van der Waals surface area contributed by atoms with Gasteiger partial charge in [0.2, 0.25) is 0 Å². The van der Waals surface area contributed by atoms with Gasteiger partial charge in [0.1, 0.15) is 17.2 Å². The first-order valence-corrected chi connectivity index (χ1v) is 5.68. The molecular formula is C12H12N6O. The average Bonchev–Trinajstić information content (AvgIpc) is 2.76. The highest BCUT2D eigenvalue weighted by atomic mass is 16.5. The molecule has 3 heterocycles. The van der Waals surface area contributed by atoms with Crippen LogP contribution < -0.4 is 11.1 Å². The molecule has 0 atom stereocenters. The molecule has 0 aliphatic rings. The normalized spacial score (nSPS) is 10.8. The highest BCUT2D eigenvalue weighted by Gasteiger charge is 2.15. The molecule has 0 spiro atoms. The summed E-state index contributed by atoms with van der Waals surface area (Å²) < 4.78 is 0.920. The maximum Gasteiger partial charge on any atom is 0.198 e. The maximum atomic E-state index is 10.2. The van der Waals surface area contributed by atoms with Crippen LogP contribution in [0.3, 0.4) is 0 Å². The van der Waals surface area contributed by atoms with Crippen molar-refractivity contribution in [2.24, 2.45) is 0 Å². The maximum absolute atomic E-state index is 10.2. The number of nitrogens with one attached hydrogen (secondary N) is 1. The van der Waals surface area contributed by atoms with E-state index < -0.39 is 0 Å². The molecule has 3 aromatic heterocycles. The highest BCUT2D eigenvalue weighted by molar-refractivity contribution is 5.80. The SMILES string of the molecule is CNc1ccc2nc(-c3cccnc3N)n(O)c2n1. The Balaban J connectivity index is 2.26. The molecule has 7 heteroatoms. The number of nitrogen functional groups attached to an aromatic ring is 1. The average molecular weight is 256 g/mol. The first kappa shape index (κ1) is 11.3. The van der Waals surface area contributed by atoms with Crippen molar-refractivity contribution in [2.45, 2.75) is 0 Å². The van der Waals surface area contributed by atoms with Crippen LogP contribution in [0.5, 0.6) is 0 Å². The molecule has 0 radical (unpaired) electrons. The van der Waals surface area contributed by atoms with Gasteiger partial charge in [0.05, 0.1) is 5.56 Å². The van der Waals surface area contributed by atoms with Gasteiger partial charge in [0.25, 0.3) is 0 Å². The summed E-state index contributed by atoms with van der Waals surface area (Å²) in [5, 5.41) is 13.1. The van der Waals surface area contributed by atoms with Crippen molar-refractivity contribution in [3.05, 3.63) is 30.5 Å². The van der Waals surface area contributed by atoms with Gasteiger partial charge >= 0.3 is 0 Å². The number of nitrogens with two attached hydrogens (primary N) is 1. The van der Waals surface area contributed by atoms with Crippen LogP contribution in [-0.4, -0.2) is 31.9 Å². The van der Waals surface area contributed by atoms with Crippen LogP contribution in [0.25, 0.3) is 22.6 Å². The Kier molecular flexibility index (Phi) is 2.45. The third kappa shape index (κ3) is 1.71. The predicted octanol–water partition coefficient (Wildman–Crippen LogP) is 1.35. The summed E-state index contributed by atoms with van der Waals surface area (Å²) in [7, 11) is 1.76. The summed E-state index contributed by atoms with van der Waals surface area (Å²) in [6.07, 6.45) is 1.58. The summed E-state index contributed by atoms with van der Waals surface area (Å²) in [5.74, 6) is 1.27. The fourth-order valence-corrected chi connectivity index (χ4v) is 1.87. The third-order valence-corrected chi connectivity index (χ3v) is 2.82. The number of fused-ring (bicyclic) bond motifs is 1. The van der Waals surface area contributed by atoms with Crippen LogP contribution >= 0.6 is 0 Å². The molecule has 0 saturated heterocycles. The van der Waals surface area contributed by atoms with E-state index in [1.807, 2.05) is 0 Å². The quantitative estimate of drug-likeness (QED) is 0.598. The van der Waals surface area contributed by atoms with Crippen molar-refractivity contribution < 1.29 is 5.21 Å². The molecule has 0 amide bonds. The number of imidazole rings is 1.